The van der Waals surface area contributed by atoms with Gasteiger partial charge in [-0.3, -0.25) is 14.4 Å². The average molecular weight is 496 g/mol. The van der Waals surface area contributed by atoms with Crippen LogP contribution in [0.25, 0.3) is 0 Å². The maximum atomic E-state index is 13.0. The minimum atomic E-state index is -0.511. The lowest BCUT2D eigenvalue weighted by Gasteiger charge is -2.31. The van der Waals surface area contributed by atoms with Crippen molar-refractivity contribution in [3.8, 4) is 0 Å². The summed E-state index contributed by atoms with van der Waals surface area (Å²) >= 11 is 0.919. The van der Waals surface area contributed by atoms with Crippen molar-refractivity contribution >= 4 is 34.7 Å². The zero-order valence-electron chi connectivity index (χ0n) is 19.3. The molecule has 2 heterocycles. The van der Waals surface area contributed by atoms with Crippen molar-refractivity contribution in [3.05, 3.63) is 75.5 Å². The Morgan fingerprint density at radius 3 is 2.43 bits per heavy atom. The fraction of sp³-hybridized carbons (Fsp3) is 0.320. The molecule has 182 valence electrons. The van der Waals surface area contributed by atoms with E-state index in [1.165, 1.54) is 24.3 Å². The van der Waals surface area contributed by atoms with E-state index in [1.807, 2.05) is 31.2 Å². The van der Waals surface area contributed by atoms with E-state index in [2.05, 4.69) is 20.8 Å². The van der Waals surface area contributed by atoms with Crippen molar-refractivity contribution in [2.75, 3.05) is 18.4 Å². The van der Waals surface area contributed by atoms with Gasteiger partial charge in [-0.25, -0.2) is 4.39 Å². The molecule has 3 aromatic rings. The number of anilines is 1. The molecule has 8 nitrogen and oxygen atoms in total. The Hall–Kier alpha value is -3.66. The molecule has 1 saturated heterocycles. The van der Waals surface area contributed by atoms with Gasteiger partial charge >= 0.3 is 0 Å². The smallest absolute Gasteiger partial charge is 0.286 e. The Labute approximate surface area is 206 Å². The lowest BCUT2D eigenvalue weighted by molar-refractivity contribution is -0.122. The zero-order chi connectivity index (χ0) is 24.8. The summed E-state index contributed by atoms with van der Waals surface area (Å²) in [6.45, 7) is 3.57. The van der Waals surface area contributed by atoms with Gasteiger partial charge in [0.1, 0.15) is 5.82 Å². The van der Waals surface area contributed by atoms with Gasteiger partial charge in [0.25, 0.3) is 11.8 Å². The molecule has 0 spiro atoms. The molecule has 2 N–H and O–H groups in total. The molecule has 1 aliphatic heterocycles. The second-order valence-electron chi connectivity index (χ2n) is 8.52. The van der Waals surface area contributed by atoms with Crippen LogP contribution in [0.4, 0.5) is 10.1 Å². The maximum absolute atomic E-state index is 13.0. The minimum Gasteiger partial charge on any atom is -0.352 e. The van der Waals surface area contributed by atoms with E-state index < -0.39 is 11.7 Å². The topological polar surface area (TPSA) is 104 Å². The second kappa shape index (κ2) is 11.2. The van der Waals surface area contributed by atoms with E-state index in [1.54, 1.807) is 4.90 Å². The van der Waals surface area contributed by atoms with Gasteiger partial charge in [-0.15, -0.1) is 10.2 Å². The molecule has 0 radical (unpaired) electrons. The number of hydrogen-bond donors (Lipinski definition) is 2. The summed E-state index contributed by atoms with van der Waals surface area (Å²) in [5, 5.41) is 13.5. The number of halogens is 1. The standard InChI is InChI=1S/C25H26FN5O3S/c1-16-4-2-3-5-18(16)15-27-21(32)14-17-10-12-31(13-11-17)25(34)24-30-29-23(35-24)22(33)28-20-8-6-19(26)7-9-20/h2-9,17H,10-15H2,1H3,(H,27,32)(H,28,33). The number of nitrogens with zero attached hydrogens (tertiary/aromatic N) is 3. The van der Waals surface area contributed by atoms with E-state index in [9.17, 15) is 18.8 Å². The van der Waals surface area contributed by atoms with Crippen molar-refractivity contribution in [2.24, 2.45) is 5.92 Å². The third-order valence-corrected chi connectivity index (χ3v) is 6.93. The van der Waals surface area contributed by atoms with E-state index in [0.29, 0.717) is 31.7 Å². The van der Waals surface area contributed by atoms with Crippen LogP contribution in [-0.4, -0.2) is 45.9 Å². The molecule has 1 aromatic heterocycles. The van der Waals surface area contributed by atoms with E-state index in [-0.39, 0.29) is 27.7 Å². The van der Waals surface area contributed by atoms with Crippen LogP contribution in [0.15, 0.2) is 48.5 Å². The molecule has 35 heavy (non-hydrogen) atoms. The molecular weight excluding hydrogens is 469 g/mol. The van der Waals surface area contributed by atoms with Crippen LogP contribution in [0, 0.1) is 18.7 Å². The summed E-state index contributed by atoms with van der Waals surface area (Å²) in [6, 6.07) is 13.3. The van der Waals surface area contributed by atoms with Crippen molar-refractivity contribution < 1.29 is 18.8 Å². The van der Waals surface area contributed by atoms with Gasteiger partial charge in [-0.05, 0) is 61.1 Å². The van der Waals surface area contributed by atoms with Crippen LogP contribution in [-0.2, 0) is 11.3 Å². The molecule has 0 unspecified atom stereocenters. The first kappa shape index (κ1) is 24.5. The van der Waals surface area contributed by atoms with Gasteiger partial charge < -0.3 is 15.5 Å². The van der Waals surface area contributed by atoms with Gasteiger partial charge in [0, 0.05) is 31.7 Å². The van der Waals surface area contributed by atoms with E-state index in [0.717, 1.165) is 35.3 Å². The number of aromatic nitrogens is 2. The molecular formula is C25H26FN5O3S. The average Bonchev–Trinajstić information content (AvgIpc) is 3.36. The summed E-state index contributed by atoms with van der Waals surface area (Å²) < 4.78 is 13.0. The van der Waals surface area contributed by atoms with Crippen molar-refractivity contribution in [1.29, 1.82) is 0 Å². The highest BCUT2D eigenvalue weighted by Crippen LogP contribution is 2.23. The molecule has 0 bridgehead atoms. The fourth-order valence-electron chi connectivity index (χ4n) is 3.93. The molecule has 1 fully saturated rings. The van der Waals surface area contributed by atoms with Crippen LogP contribution in [0.2, 0.25) is 0 Å². The first-order valence-corrected chi connectivity index (χ1v) is 12.2. The summed E-state index contributed by atoms with van der Waals surface area (Å²) in [5.74, 6) is -0.964. The number of piperidine rings is 1. The lowest BCUT2D eigenvalue weighted by Crippen LogP contribution is -2.39. The quantitative estimate of drug-likeness (QED) is 0.519. The molecule has 3 amide bonds. The van der Waals surface area contributed by atoms with Gasteiger partial charge in [-0.1, -0.05) is 35.6 Å². The normalized spacial score (nSPS) is 13.9. The number of nitrogens with one attached hydrogen (secondary N) is 2. The largest absolute Gasteiger partial charge is 0.352 e. The zero-order valence-corrected chi connectivity index (χ0v) is 20.1. The fourth-order valence-corrected chi connectivity index (χ4v) is 4.64. The monoisotopic (exact) mass is 495 g/mol. The number of hydrogen-bond acceptors (Lipinski definition) is 6. The molecule has 2 aromatic carbocycles. The summed E-state index contributed by atoms with van der Waals surface area (Å²) in [7, 11) is 0. The second-order valence-corrected chi connectivity index (χ2v) is 9.49. The predicted octanol–water partition coefficient (Wildman–Crippen LogP) is 3.80. The number of likely N-dealkylation sites (tertiary alicyclic amines) is 1. The third kappa shape index (κ3) is 6.48. The number of carbonyl (C=O) groups excluding carboxylic acids is 3. The molecule has 10 heteroatoms. The van der Waals surface area contributed by atoms with Crippen LogP contribution in [0.5, 0.6) is 0 Å². The van der Waals surface area contributed by atoms with Gasteiger partial charge in [-0.2, -0.15) is 0 Å². The number of carbonyl (C=O) groups is 3. The molecule has 0 atom stereocenters. The summed E-state index contributed by atoms with van der Waals surface area (Å²) in [6.07, 6.45) is 1.88. The molecule has 0 aliphatic carbocycles. The maximum Gasteiger partial charge on any atom is 0.286 e. The number of aryl methyl sites for hydroxylation is 1. The van der Waals surface area contributed by atoms with Crippen LogP contribution >= 0.6 is 11.3 Å². The third-order valence-electron chi connectivity index (χ3n) is 6.02. The van der Waals surface area contributed by atoms with Crippen molar-refractivity contribution in [2.45, 2.75) is 32.7 Å². The van der Waals surface area contributed by atoms with Gasteiger partial charge in [0.2, 0.25) is 15.9 Å². The first-order chi connectivity index (χ1) is 16.9. The molecule has 0 saturated carbocycles. The molecule has 4 rings (SSSR count). The van der Waals surface area contributed by atoms with Crippen molar-refractivity contribution in [3.63, 3.8) is 0 Å². The summed E-state index contributed by atoms with van der Waals surface area (Å²) in [5.41, 5.74) is 2.67. The highest BCUT2D eigenvalue weighted by Gasteiger charge is 2.28. The van der Waals surface area contributed by atoms with Crippen LogP contribution < -0.4 is 10.6 Å². The number of benzene rings is 2. The van der Waals surface area contributed by atoms with Crippen molar-refractivity contribution in [1.82, 2.24) is 20.4 Å². The Morgan fingerprint density at radius 2 is 1.71 bits per heavy atom. The molecule has 1 aliphatic rings. The number of rotatable bonds is 7. The van der Waals surface area contributed by atoms with Crippen LogP contribution in [0.3, 0.4) is 0 Å². The Kier molecular flexibility index (Phi) is 7.81. The van der Waals surface area contributed by atoms with Gasteiger partial charge in [0.15, 0.2) is 0 Å². The highest BCUT2D eigenvalue weighted by molar-refractivity contribution is 7.15. The predicted molar refractivity (Wildman–Crippen MR) is 131 cm³/mol. The van der Waals surface area contributed by atoms with E-state index >= 15 is 0 Å². The van der Waals surface area contributed by atoms with E-state index in [4.69, 9.17) is 0 Å². The van der Waals surface area contributed by atoms with Gasteiger partial charge in [0.05, 0.1) is 0 Å². The Morgan fingerprint density at radius 1 is 1.03 bits per heavy atom. The minimum absolute atomic E-state index is 0.0129. The highest BCUT2D eigenvalue weighted by atomic mass is 32.1. The summed E-state index contributed by atoms with van der Waals surface area (Å²) in [4.78, 5) is 39.3. The SMILES string of the molecule is Cc1ccccc1CNC(=O)CC1CCN(C(=O)c2nnc(C(=O)Nc3ccc(F)cc3)s2)CC1. The number of amides is 3. The lowest BCUT2D eigenvalue weighted by atomic mass is 9.93. The first-order valence-electron chi connectivity index (χ1n) is 11.4. The van der Waals surface area contributed by atoms with Crippen LogP contribution in [0.1, 0.15) is 50.0 Å². The Bertz CT molecular complexity index is 1210. The Balaban J connectivity index is 1.23.